The number of rotatable bonds is 16. The van der Waals surface area contributed by atoms with Crippen LogP contribution in [0.25, 0.3) is 0 Å². The molecule has 1 aliphatic rings. The van der Waals surface area contributed by atoms with Gasteiger partial charge >= 0.3 is 17.9 Å². The van der Waals surface area contributed by atoms with Crippen molar-refractivity contribution in [3.05, 3.63) is 12.3 Å². The molecule has 1 aliphatic heterocycles. The van der Waals surface area contributed by atoms with E-state index < -0.39 is 17.9 Å². The number of carbonyl (C=O) groups is 5. The first-order chi connectivity index (χ1) is 18.9. The number of hydrogen-bond acceptors (Lipinski definition) is 10. The van der Waals surface area contributed by atoms with Gasteiger partial charge in [-0.2, -0.15) is 0 Å². The molecule has 0 spiro atoms. The molecule has 1 heterocycles. The summed E-state index contributed by atoms with van der Waals surface area (Å²) in [5.41, 5.74) is 0. The smallest absolute Gasteiger partial charge is 0.317 e. The quantitative estimate of drug-likeness (QED) is 0.0709. The fraction of sp³-hybridized carbons (Fsp3) is 0.720. The largest absolute Gasteiger partial charge is 0.512 e. The van der Waals surface area contributed by atoms with Crippen LogP contribution in [0.15, 0.2) is 12.3 Å². The predicted octanol–water partition coefficient (Wildman–Crippen LogP) is -2.50. The van der Waals surface area contributed by atoms with E-state index in [9.17, 15) is 39.3 Å². The fourth-order valence-electron chi connectivity index (χ4n) is 4.16. The number of aliphatic hydroxyl groups is 1. The van der Waals surface area contributed by atoms with Gasteiger partial charge in [0.2, 0.25) is 11.8 Å². The third-order valence-corrected chi connectivity index (χ3v) is 6.23. The van der Waals surface area contributed by atoms with E-state index in [1.165, 1.54) is 0 Å². The van der Waals surface area contributed by atoms with Gasteiger partial charge in [-0.05, 0) is 12.8 Å². The number of carboxylic acid groups (broad SMARTS) is 3. The predicted molar refractivity (Wildman–Crippen MR) is 149 cm³/mol. The molecule has 1 saturated heterocycles. The first kappa shape index (κ1) is 42.1. The van der Waals surface area contributed by atoms with E-state index >= 15 is 0 Å². The van der Waals surface area contributed by atoms with Crippen molar-refractivity contribution in [2.75, 3.05) is 91.6 Å². The Bertz CT molecular complexity index is 834. The molecule has 1 fully saturated rings. The molecule has 17 heteroatoms. The normalized spacial score (nSPS) is 16.0. The third kappa shape index (κ3) is 22.6. The zero-order valence-corrected chi connectivity index (χ0v) is 26.2. The van der Waals surface area contributed by atoms with Gasteiger partial charge in [0.25, 0.3) is 0 Å². The van der Waals surface area contributed by atoms with E-state index in [0.717, 1.165) is 0 Å². The van der Waals surface area contributed by atoms with Crippen molar-refractivity contribution in [3.63, 3.8) is 0 Å². The van der Waals surface area contributed by atoms with Gasteiger partial charge in [-0.15, -0.1) is 0 Å². The van der Waals surface area contributed by atoms with Gasteiger partial charge in [0.15, 0.2) is 0 Å². The number of aliphatic carboxylic acids is 3. The molecule has 16 nitrogen and oxygen atoms in total. The number of amides is 2. The van der Waals surface area contributed by atoms with Crippen molar-refractivity contribution in [3.8, 4) is 0 Å². The first-order valence-electron chi connectivity index (χ1n) is 13.4. The van der Waals surface area contributed by atoms with Gasteiger partial charge in [-0.1, -0.05) is 6.58 Å². The fourth-order valence-corrected chi connectivity index (χ4v) is 4.16. The summed E-state index contributed by atoms with van der Waals surface area (Å²) in [5, 5.41) is 42.4. The van der Waals surface area contributed by atoms with Crippen LogP contribution in [0.4, 0.5) is 0 Å². The molecule has 8 N–H and O–H groups in total. The van der Waals surface area contributed by atoms with Gasteiger partial charge in [0.1, 0.15) is 0 Å². The van der Waals surface area contributed by atoms with E-state index in [1.54, 1.807) is 9.80 Å². The Morgan fingerprint density at radius 3 is 1.29 bits per heavy atom. The Hall–Kier alpha value is -1.99. The summed E-state index contributed by atoms with van der Waals surface area (Å²) in [6.07, 6.45) is 1.10. The first-order valence-corrected chi connectivity index (χ1v) is 13.4. The Balaban J connectivity index is 0. The maximum atomic E-state index is 12.6. The van der Waals surface area contributed by atoms with E-state index in [2.05, 4.69) is 17.2 Å². The average Bonchev–Trinajstić information content (AvgIpc) is 2.85. The monoisotopic (exact) mass is 748 g/mol. The molecule has 2 amide bonds. The zero-order chi connectivity index (χ0) is 29.9. The second kappa shape index (κ2) is 24.5. The molecule has 1 rings (SSSR count). The molecule has 0 bridgehead atoms. The van der Waals surface area contributed by atoms with Crippen LogP contribution in [0.1, 0.15) is 25.7 Å². The van der Waals surface area contributed by atoms with Gasteiger partial charge in [0, 0.05) is 118 Å². The number of hydrogen-bond donors (Lipinski definition) is 6. The van der Waals surface area contributed by atoms with Crippen molar-refractivity contribution in [1.29, 1.82) is 0 Å². The van der Waals surface area contributed by atoms with Crippen LogP contribution >= 0.6 is 0 Å². The molecule has 0 aromatic heterocycles. The van der Waals surface area contributed by atoms with E-state index in [1.807, 2.05) is 9.80 Å². The van der Waals surface area contributed by atoms with Gasteiger partial charge in [-0.25, -0.2) is 0 Å². The van der Waals surface area contributed by atoms with E-state index in [0.29, 0.717) is 65.2 Å². The summed E-state index contributed by atoms with van der Waals surface area (Å²) >= 11 is 0. The van der Waals surface area contributed by atoms with Crippen LogP contribution in [0.3, 0.4) is 0 Å². The zero-order valence-electron chi connectivity index (χ0n) is 23.9. The summed E-state index contributed by atoms with van der Waals surface area (Å²) in [7, 11) is 0. The van der Waals surface area contributed by atoms with Gasteiger partial charge < -0.3 is 36.5 Å². The van der Waals surface area contributed by atoms with Crippen LogP contribution in [0, 0.1) is 39.9 Å². The number of carbonyl (C=O) groups excluding carboxylic acids is 2. The molecule has 0 aromatic carbocycles. The number of nitrogens with one attached hydrogen (secondary N) is 2. The van der Waals surface area contributed by atoms with Crippen molar-refractivity contribution < 1.29 is 89.8 Å². The Kier molecular flexibility index (Phi) is 24.5. The van der Waals surface area contributed by atoms with Crippen molar-refractivity contribution in [1.82, 2.24) is 30.2 Å². The minimum atomic E-state index is -0.980. The molecule has 0 aromatic rings. The summed E-state index contributed by atoms with van der Waals surface area (Å²) in [6.45, 7) is 6.95. The molecule has 0 atom stereocenters. The summed E-state index contributed by atoms with van der Waals surface area (Å²) in [5.74, 6) is -3.40. The summed E-state index contributed by atoms with van der Waals surface area (Å²) < 4.78 is 0. The van der Waals surface area contributed by atoms with Crippen molar-refractivity contribution in [2.24, 2.45) is 0 Å². The molecular formula is C25H46GdN6O10. The van der Waals surface area contributed by atoms with Crippen LogP contribution in [0.2, 0.25) is 0 Å². The van der Waals surface area contributed by atoms with Gasteiger partial charge in [-0.3, -0.25) is 43.6 Å². The molecular weight excluding hydrogens is 702 g/mol. The molecule has 244 valence electrons. The maximum absolute atomic E-state index is 12.6. The number of unbranched alkanes of at least 4 members (excludes halogenated alkanes) is 1. The number of nitrogens with zero attached hydrogens (tertiary/aromatic N) is 4. The Morgan fingerprint density at radius 2 is 0.905 bits per heavy atom. The van der Waals surface area contributed by atoms with E-state index in [-0.39, 0.29) is 115 Å². The van der Waals surface area contributed by atoms with Gasteiger partial charge in [0.05, 0.1) is 31.9 Å². The summed E-state index contributed by atoms with van der Waals surface area (Å²) in [4.78, 5) is 65.0. The van der Waals surface area contributed by atoms with Crippen LogP contribution < -0.4 is 10.6 Å². The maximum Gasteiger partial charge on any atom is 0.317 e. The standard InChI is InChI=1S/C25H44N6O9.Gd.H2O/c1-20(32)16-28-8-12-30(18-24(37)38)14-10-29(11-15-31(13-9-28)19-25(39)40)17-22(34)27-7-6-26-21(33)4-2-3-5-23(35)36;;/h32H,1-19H2,(H,26,33)(H,27,34)(H,35,36)(H,37,38)(H,39,40);;1H2. The molecule has 0 unspecified atom stereocenters. The minimum Gasteiger partial charge on any atom is -0.512 e. The Labute approximate surface area is 278 Å². The Morgan fingerprint density at radius 1 is 0.548 bits per heavy atom. The van der Waals surface area contributed by atoms with E-state index in [4.69, 9.17) is 5.11 Å². The molecule has 42 heavy (non-hydrogen) atoms. The number of aliphatic hydroxyl groups excluding tert-OH is 1. The SMILES string of the molecule is C=C(O)CN1CCN(CC(=O)O)CCN(CC(=O)NCCNC(=O)CCCCC(=O)O)CCN(CC(=O)O)CC1.O.[Gd]. The number of carboxylic acids is 3. The van der Waals surface area contributed by atoms with Crippen LogP contribution in [-0.2, 0) is 24.0 Å². The second-order valence-corrected chi connectivity index (χ2v) is 9.76. The molecule has 0 saturated carbocycles. The van der Waals surface area contributed by atoms with Crippen LogP contribution in [-0.4, -0.2) is 167 Å². The minimum absolute atomic E-state index is 0. The van der Waals surface area contributed by atoms with Crippen molar-refractivity contribution in [2.45, 2.75) is 25.7 Å². The average molecular weight is 748 g/mol. The second-order valence-electron chi connectivity index (χ2n) is 9.76. The molecule has 0 radical (unpaired) electrons. The third-order valence-electron chi connectivity index (χ3n) is 6.23. The van der Waals surface area contributed by atoms with Crippen LogP contribution in [0.5, 0.6) is 0 Å². The summed E-state index contributed by atoms with van der Waals surface area (Å²) in [6, 6.07) is 0. The topological polar surface area (TPSA) is 235 Å². The van der Waals surface area contributed by atoms with Crippen molar-refractivity contribution >= 4 is 29.7 Å². The molecule has 0 aliphatic carbocycles.